The fourth-order valence-electron chi connectivity index (χ4n) is 1.20. The summed E-state index contributed by atoms with van der Waals surface area (Å²) in [6.07, 6.45) is 6.66. The number of halogens is 2. The van der Waals surface area contributed by atoms with Crippen molar-refractivity contribution in [3.8, 4) is 0 Å². The van der Waals surface area contributed by atoms with E-state index in [4.69, 9.17) is 23.2 Å². The second-order valence-electron chi connectivity index (χ2n) is 3.28. The fourth-order valence-corrected chi connectivity index (χ4v) is 1.51. The first kappa shape index (κ1) is 12.6. The summed E-state index contributed by atoms with van der Waals surface area (Å²) in [5.41, 5.74) is 1.03. The molecule has 0 aliphatic carbocycles. The van der Waals surface area contributed by atoms with Crippen LogP contribution in [-0.4, -0.2) is 6.61 Å². The first-order valence-electron chi connectivity index (χ1n) is 4.93. The third-order valence-electron chi connectivity index (χ3n) is 2.02. The third-order valence-corrected chi connectivity index (χ3v) is 2.76. The first-order chi connectivity index (χ1) is 7.24. The monoisotopic (exact) mass is 243 g/mol. The molecule has 0 fully saturated rings. The van der Waals surface area contributed by atoms with Gasteiger partial charge in [0.15, 0.2) is 0 Å². The van der Waals surface area contributed by atoms with Gasteiger partial charge in [-0.3, -0.25) is 0 Å². The Morgan fingerprint density at radius 1 is 1.13 bits per heavy atom. The molecule has 0 amide bonds. The number of unbranched alkanes of at least 4 members (excludes halogenated alkanes) is 2. The zero-order valence-corrected chi connectivity index (χ0v) is 9.89. The van der Waals surface area contributed by atoms with Crippen molar-refractivity contribution in [2.75, 3.05) is 6.61 Å². The summed E-state index contributed by atoms with van der Waals surface area (Å²) >= 11 is 11.7. The van der Waals surface area contributed by atoms with E-state index in [0.717, 1.165) is 24.8 Å². The maximum atomic E-state index is 10.2. The predicted molar refractivity (Wildman–Crippen MR) is 64.9 cm³/mol. The van der Waals surface area contributed by atoms with Crippen molar-refractivity contribution in [3.05, 3.63) is 39.9 Å². The quantitative estimate of drug-likeness (QED) is 0.674. The minimum absolute atomic E-state index is 0.0145. The van der Waals surface area contributed by atoms with Crippen LogP contribution < -0.4 is 0 Å². The van der Waals surface area contributed by atoms with Crippen LogP contribution >= 0.6 is 23.2 Å². The van der Waals surface area contributed by atoms with Crippen LogP contribution in [0, 0.1) is 0 Å². The van der Waals surface area contributed by atoms with Crippen molar-refractivity contribution < 1.29 is 5.11 Å². The lowest BCUT2D eigenvalue weighted by Gasteiger charge is -1.97. The molecule has 0 heterocycles. The zero-order chi connectivity index (χ0) is 11.1. The normalized spacial score (nSPS) is 11.1. The van der Waals surface area contributed by atoms with E-state index < -0.39 is 0 Å². The van der Waals surface area contributed by atoms with Crippen LogP contribution in [-0.2, 0) is 5.11 Å². The smallest absolute Gasteiger partial charge is 0.0822 e. The van der Waals surface area contributed by atoms with Crippen LogP contribution in [0.3, 0.4) is 0 Å². The molecule has 0 N–H and O–H groups in total. The lowest BCUT2D eigenvalue weighted by Crippen LogP contribution is -1.79. The van der Waals surface area contributed by atoms with E-state index in [1.807, 2.05) is 18.2 Å². The van der Waals surface area contributed by atoms with E-state index in [-0.39, 0.29) is 6.61 Å². The summed E-state index contributed by atoms with van der Waals surface area (Å²) in [4.78, 5) is 0. The Kier molecular flexibility index (Phi) is 5.77. The number of allylic oxidation sites excluding steroid dienone is 1. The van der Waals surface area contributed by atoms with Crippen LogP contribution in [0.4, 0.5) is 0 Å². The van der Waals surface area contributed by atoms with Crippen LogP contribution in [0.1, 0.15) is 24.8 Å². The minimum Gasteiger partial charge on any atom is -0.237 e. The molecule has 1 nitrogen and oxygen atoms in total. The van der Waals surface area contributed by atoms with E-state index in [2.05, 4.69) is 6.08 Å². The highest BCUT2D eigenvalue weighted by Crippen LogP contribution is 2.23. The Bertz CT molecular complexity index is 334. The molecular formula is C12H13Cl2O. The molecule has 1 aromatic carbocycles. The Labute approximate surface area is 100 Å². The Balaban J connectivity index is 2.46. The number of hydrogen-bond donors (Lipinski definition) is 0. The molecule has 0 atom stereocenters. The summed E-state index contributed by atoms with van der Waals surface area (Å²) in [6, 6.07) is 5.52. The fraction of sp³-hybridized carbons (Fsp3) is 0.333. The summed E-state index contributed by atoms with van der Waals surface area (Å²) in [5, 5.41) is 11.3. The molecule has 1 aromatic rings. The molecule has 0 spiro atoms. The minimum atomic E-state index is 0.0145. The molecule has 0 aliphatic heterocycles. The average molecular weight is 244 g/mol. The highest BCUT2D eigenvalue weighted by atomic mass is 35.5. The molecule has 1 radical (unpaired) electrons. The van der Waals surface area contributed by atoms with Gasteiger partial charge in [-0.15, -0.1) is 0 Å². The average Bonchev–Trinajstić information content (AvgIpc) is 2.23. The highest BCUT2D eigenvalue weighted by Gasteiger charge is 1.96. The molecule has 15 heavy (non-hydrogen) atoms. The van der Waals surface area contributed by atoms with Gasteiger partial charge < -0.3 is 0 Å². The highest BCUT2D eigenvalue weighted by molar-refractivity contribution is 6.42. The van der Waals surface area contributed by atoms with Crippen LogP contribution in [0.5, 0.6) is 0 Å². The van der Waals surface area contributed by atoms with Gasteiger partial charge >= 0.3 is 0 Å². The van der Waals surface area contributed by atoms with E-state index in [1.54, 1.807) is 6.07 Å². The van der Waals surface area contributed by atoms with Crippen LogP contribution in [0.25, 0.3) is 6.08 Å². The van der Waals surface area contributed by atoms with Gasteiger partial charge in [-0.1, -0.05) is 41.4 Å². The van der Waals surface area contributed by atoms with Crippen molar-refractivity contribution in [2.24, 2.45) is 0 Å². The number of rotatable bonds is 5. The van der Waals surface area contributed by atoms with Gasteiger partial charge in [-0.25, -0.2) is 5.11 Å². The second-order valence-corrected chi connectivity index (χ2v) is 4.09. The third kappa shape index (κ3) is 4.70. The maximum absolute atomic E-state index is 10.2. The molecule has 1 rings (SSSR count). The second kappa shape index (κ2) is 6.89. The van der Waals surface area contributed by atoms with Crippen LogP contribution in [0.2, 0.25) is 10.0 Å². The molecule has 0 aromatic heterocycles. The van der Waals surface area contributed by atoms with Crippen molar-refractivity contribution in [1.82, 2.24) is 0 Å². The number of hydrogen-bond acceptors (Lipinski definition) is 0. The Morgan fingerprint density at radius 3 is 2.60 bits per heavy atom. The summed E-state index contributed by atoms with van der Waals surface area (Å²) in [7, 11) is 0. The Morgan fingerprint density at radius 2 is 1.93 bits per heavy atom. The largest absolute Gasteiger partial charge is 0.237 e. The van der Waals surface area contributed by atoms with Crippen LogP contribution in [0.15, 0.2) is 24.3 Å². The van der Waals surface area contributed by atoms with Gasteiger partial charge in [-0.2, -0.15) is 0 Å². The van der Waals surface area contributed by atoms with Crippen molar-refractivity contribution in [1.29, 1.82) is 0 Å². The zero-order valence-electron chi connectivity index (χ0n) is 8.38. The summed E-state index contributed by atoms with van der Waals surface area (Å²) in [6.45, 7) is 0.0145. The molecule has 0 aliphatic rings. The molecular weight excluding hydrogens is 231 g/mol. The van der Waals surface area contributed by atoms with Crippen molar-refractivity contribution >= 4 is 29.3 Å². The van der Waals surface area contributed by atoms with Gasteiger partial charge in [0.25, 0.3) is 0 Å². The van der Waals surface area contributed by atoms with E-state index in [9.17, 15) is 5.11 Å². The molecule has 0 saturated carbocycles. The van der Waals surface area contributed by atoms with Crippen molar-refractivity contribution in [3.63, 3.8) is 0 Å². The SMILES string of the molecule is [O]CCCC/C=C/c1ccc(Cl)c(Cl)c1. The van der Waals surface area contributed by atoms with E-state index in [1.165, 1.54) is 0 Å². The van der Waals surface area contributed by atoms with E-state index in [0.29, 0.717) is 10.0 Å². The van der Waals surface area contributed by atoms with Gasteiger partial charge in [0.05, 0.1) is 16.7 Å². The molecule has 0 bridgehead atoms. The Hall–Kier alpha value is -0.500. The lowest BCUT2D eigenvalue weighted by molar-refractivity contribution is 0.187. The predicted octanol–water partition coefficient (Wildman–Crippen LogP) is 4.61. The maximum Gasteiger partial charge on any atom is 0.0822 e. The molecule has 0 saturated heterocycles. The number of benzene rings is 1. The lowest BCUT2D eigenvalue weighted by atomic mass is 10.1. The van der Waals surface area contributed by atoms with Gasteiger partial charge in [0.1, 0.15) is 0 Å². The van der Waals surface area contributed by atoms with Crippen molar-refractivity contribution in [2.45, 2.75) is 19.3 Å². The molecule has 81 valence electrons. The molecule has 3 heteroatoms. The topological polar surface area (TPSA) is 19.9 Å². The van der Waals surface area contributed by atoms with E-state index >= 15 is 0 Å². The summed E-state index contributed by atoms with van der Waals surface area (Å²) in [5.74, 6) is 0. The molecule has 0 unspecified atom stereocenters. The van der Waals surface area contributed by atoms with Gasteiger partial charge in [0.2, 0.25) is 0 Å². The first-order valence-corrected chi connectivity index (χ1v) is 5.69. The van der Waals surface area contributed by atoms with Gasteiger partial charge in [-0.05, 0) is 37.0 Å². The summed E-state index contributed by atoms with van der Waals surface area (Å²) < 4.78 is 0. The standard InChI is InChI=1S/C12H13Cl2O/c13-11-7-6-10(9-12(11)14)5-3-1-2-4-8-15/h3,5-7,9H,1-2,4,8H2/b5-3+. The van der Waals surface area contributed by atoms with Gasteiger partial charge in [0, 0.05) is 0 Å².